The normalized spacial score (nSPS) is 18.9. The minimum Gasteiger partial charge on any atom is -0.327 e. The van der Waals surface area contributed by atoms with E-state index in [1.165, 1.54) is 16.7 Å². The molecule has 4 heteroatoms. The van der Waals surface area contributed by atoms with Gasteiger partial charge in [-0.05, 0) is 60.1 Å². The molecule has 3 aromatic rings. The molecular weight excluding hydrogens is 378 g/mol. The average molecular weight is 406 g/mol. The number of sulfone groups is 1. The summed E-state index contributed by atoms with van der Waals surface area (Å²) in [5, 5.41) is 0. The zero-order valence-corrected chi connectivity index (χ0v) is 17.3. The van der Waals surface area contributed by atoms with Crippen molar-refractivity contribution in [2.45, 2.75) is 42.5 Å². The summed E-state index contributed by atoms with van der Waals surface area (Å²) in [5.41, 5.74) is 11.5. The van der Waals surface area contributed by atoms with Gasteiger partial charge >= 0.3 is 0 Å². The number of fused-ring (bicyclic) bond motifs is 1. The first-order valence-corrected chi connectivity index (χ1v) is 11.9. The Labute approximate surface area is 173 Å². The number of rotatable bonds is 6. The summed E-state index contributed by atoms with van der Waals surface area (Å²) in [5.74, 6) is 0.386. The molecule has 3 aromatic carbocycles. The summed E-state index contributed by atoms with van der Waals surface area (Å²) in [4.78, 5) is 0.391. The second-order valence-corrected chi connectivity index (χ2v) is 10.0. The maximum absolute atomic E-state index is 12.6. The molecule has 0 amide bonds. The first-order valence-electron chi connectivity index (χ1n) is 10.2. The molecule has 0 heterocycles. The van der Waals surface area contributed by atoms with Crippen LogP contribution >= 0.6 is 0 Å². The van der Waals surface area contributed by atoms with Crippen LogP contribution in [0.15, 0.2) is 83.8 Å². The highest BCUT2D eigenvalue weighted by Gasteiger charge is 2.27. The molecule has 0 radical (unpaired) electrons. The number of aryl methyl sites for hydroxylation is 2. The van der Waals surface area contributed by atoms with E-state index in [-0.39, 0.29) is 17.7 Å². The fourth-order valence-electron chi connectivity index (χ4n) is 4.25. The fraction of sp³-hybridized carbons (Fsp3) is 0.280. The van der Waals surface area contributed by atoms with Gasteiger partial charge in [0.15, 0.2) is 9.84 Å². The molecule has 0 saturated carbocycles. The van der Waals surface area contributed by atoms with Crippen LogP contribution in [0.1, 0.15) is 34.6 Å². The Morgan fingerprint density at radius 2 is 1.55 bits per heavy atom. The van der Waals surface area contributed by atoms with Crippen molar-refractivity contribution in [3.8, 4) is 0 Å². The Kier molecular flexibility index (Phi) is 5.84. The molecule has 0 aromatic heterocycles. The molecule has 3 nitrogen and oxygen atoms in total. The van der Waals surface area contributed by atoms with E-state index < -0.39 is 9.84 Å². The molecule has 0 aliphatic heterocycles. The summed E-state index contributed by atoms with van der Waals surface area (Å²) in [6, 6.07) is 25.7. The number of benzene rings is 3. The van der Waals surface area contributed by atoms with Crippen molar-refractivity contribution in [1.82, 2.24) is 0 Å². The van der Waals surface area contributed by atoms with E-state index in [4.69, 9.17) is 5.73 Å². The van der Waals surface area contributed by atoms with Crippen LogP contribution in [0.2, 0.25) is 0 Å². The number of hydrogen-bond acceptors (Lipinski definition) is 3. The SMILES string of the molecule is NC1CCc2ccc(CCS(=O)(=O)c3ccccc3)cc2C1Cc1ccccc1. The second-order valence-electron chi connectivity index (χ2n) is 7.91. The minimum absolute atomic E-state index is 0.116. The molecule has 0 bridgehead atoms. The molecule has 150 valence electrons. The lowest BCUT2D eigenvalue weighted by Crippen LogP contribution is -2.34. The van der Waals surface area contributed by atoms with Crippen molar-refractivity contribution in [2.75, 3.05) is 5.75 Å². The number of hydrogen-bond donors (Lipinski definition) is 1. The van der Waals surface area contributed by atoms with Crippen LogP contribution in [0, 0.1) is 0 Å². The fourth-order valence-corrected chi connectivity index (χ4v) is 5.57. The topological polar surface area (TPSA) is 60.2 Å². The van der Waals surface area contributed by atoms with E-state index >= 15 is 0 Å². The van der Waals surface area contributed by atoms with E-state index in [1.54, 1.807) is 24.3 Å². The van der Waals surface area contributed by atoms with Crippen molar-refractivity contribution < 1.29 is 8.42 Å². The standard InChI is InChI=1S/C25H27NO2S/c26-25-14-13-21-12-11-20(15-16-29(27,28)22-9-5-2-6-10-22)17-23(21)24(25)18-19-7-3-1-4-8-19/h1-12,17,24-25H,13-16,18,26H2. The Hall–Kier alpha value is -2.43. The summed E-state index contributed by atoms with van der Waals surface area (Å²) < 4.78 is 25.3. The molecule has 0 spiro atoms. The third-order valence-electron chi connectivity index (χ3n) is 5.93. The highest BCUT2D eigenvalue weighted by molar-refractivity contribution is 7.91. The van der Waals surface area contributed by atoms with Crippen molar-refractivity contribution in [3.63, 3.8) is 0 Å². The molecule has 29 heavy (non-hydrogen) atoms. The van der Waals surface area contributed by atoms with Gasteiger partial charge < -0.3 is 5.73 Å². The van der Waals surface area contributed by atoms with E-state index in [9.17, 15) is 8.42 Å². The highest BCUT2D eigenvalue weighted by atomic mass is 32.2. The minimum atomic E-state index is -3.28. The first kappa shape index (κ1) is 19.9. The third-order valence-corrected chi connectivity index (χ3v) is 7.67. The second kappa shape index (κ2) is 8.52. The lowest BCUT2D eigenvalue weighted by Gasteiger charge is -2.32. The summed E-state index contributed by atoms with van der Waals surface area (Å²) in [6.45, 7) is 0. The van der Waals surface area contributed by atoms with Crippen LogP contribution in [-0.2, 0) is 29.1 Å². The van der Waals surface area contributed by atoms with Crippen molar-refractivity contribution in [1.29, 1.82) is 0 Å². The van der Waals surface area contributed by atoms with Gasteiger partial charge in [0.05, 0.1) is 10.6 Å². The zero-order valence-electron chi connectivity index (χ0n) is 16.5. The van der Waals surface area contributed by atoms with Gasteiger partial charge in [-0.1, -0.05) is 66.7 Å². The van der Waals surface area contributed by atoms with E-state index in [0.717, 1.165) is 24.8 Å². The molecule has 2 atom stereocenters. The van der Waals surface area contributed by atoms with Gasteiger partial charge in [-0.25, -0.2) is 8.42 Å². The zero-order chi connectivity index (χ0) is 20.3. The van der Waals surface area contributed by atoms with Crippen LogP contribution < -0.4 is 5.73 Å². The maximum Gasteiger partial charge on any atom is 0.178 e. The quantitative estimate of drug-likeness (QED) is 0.665. The predicted molar refractivity (Wildman–Crippen MR) is 118 cm³/mol. The molecular formula is C25H27NO2S. The molecule has 4 rings (SSSR count). The van der Waals surface area contributed by atoms with E-state index in [0.29, 0.717) is 11.3 Å². The van der Waals surface area contributed by atoms with Crippen LogP contribution in [-0.4, -0.2) is 20.2 Å². The molecule has 2 unspecified atom stereocenters. The van der Waals surface area contributed by atoms with Crippen LogP contribution in [0.3, 0.4) is 0 Å². The summed E-state index contributed by atoms with van der Waals surface area (Å²) in [7, 11) is -3.28. The largest absolute Gasteiger partial charge is 0.327 e. The summed E-state index contributed by atoms with van der Waals surface area (Å²) >= 11 is 0. The third kappa shape index (κ3) is 4.60. The van der Waals surface area contributed by atoms with Gasteiger partial charge in [0, 0.05) is 12.0 Å². The van der Waals surface area contributed by atoms with Crippen LogP contribution in [0.5, 0.6) is 0 Å². The first-order chi connectivity index (χ1) is 14.0. The van der Waals surface area contributed by atoms with Crippen LogP contribution in [0.4, 0.5) is 0 Å². The molecule has 2 N–H and O–H groups in total. The predicted octanol–water partition coefficient (Wildman–Crippen LogP) is 4.30. The Bertz CT molecular complexity index is 1060. The molecule has 1 aliphatic rings. The van der Waals surface area contributed by atoms with Gasteiger partial charge in [0.2, 0.25) is 0 Å². The van der Waals surface area contributed by atoms with Gasteiger partial charge in [0.25, 0.3) is 0 Å². The van der Waals surface area contributed by atoms with Gasteiger partial charge in [0.1, 0.15) is 0 Å². The van der Waals surface area contributed by atoms with Gasteiger partial charge in [-0.3, -0.25) is 0 Å². The van der Waals surface area contributed by atoms with Crippen molar-refractivity contribution in [3.05, 3.63) is 101 Å². The Balaban J connectivity index is 1.55. The Morgan fingerprint density at radius 1 is 0.862 bits per heavy atom. The number of nitrogens with two attached hydrogens (primary N) is 1. The van der Waals surface area contributed by atoms with E-state index in [1.807, 2.05) is 12.1 Å². The van der Waals surface area contributed by atoms with Crippen molar-refractivity contribution >= 4 is 9.84 Å². The smallest absolute Gasteiger partial charge is 0.178 e. The van der Waals surface area contributed by atoms with Crippen LogP contribution in [0.25, 0.3) is 0 Å². The van der Waals surface area contributed by atoms with Gasteiger partial charge in [-0.2, -0.15) is 0 Å². The average Bonchev–Trinajstić information content (AvgIpc) is 2.76. The summed E-state index contributed by atoms with van der Waals surface area (Å²) in [6.07, 6.45) is 3.41. The molecule has 0 saturated heterocycles. The highest BCUT2D eigenvalue weighted by Crippen LogP contribution is 2.34. The van der Waals surface area contributed by atoms with E-state index in [2.05, 4.69) is 42.5 Å². The monoisotopic (exact) mass is 405 g/mol. The Morgan fingerprint density at radius 3 is 2.28 bits per heavy atom. The lowest BCUT2D eigenvalue weighted by molar-refractivity contribution is 0.467. The maximum atomic E-state index is 12.6. The lowest BCUT2D eigenvalue weighted by atomic mass is 9.76. The van der Waals surface area contributed by atoms with Crippen molar-refractivity contribution in [2.24, 2.45) is 5.73 Å². The molecule has 0 fully saturated rings. The van der Waals surface area contributed by atoms with Gasteiger partial charge in [-0.15, -0.1) is 0 Å². The molecule has 1 aliphatic carbocycles.